The molecule has 0 aliphatic heterocycles. The number of nitrogens with zero attached hydrogens (tertiary/aromatic N) is 3. The lowest BCUT2D eigenvalue weighted by Gasteiger charge is -2.10. The Morgan fingerprint density at radius 1 is 1.23 bits per heavy atom. The van der Waals surface area contributed by atoms with E-state index in [0.29, 0.717) is 6.54 Å². The molecule has 0 amide bonds. The zero-order chi connectivity index (χ0) is 15.6. The average Bonchev–Trinajstić information content (AvgIpc) is 3.01. The molecule has 0 spiro atoms. The fourth-order valence-electron chi connectivity index (χ4n) is 1.91. The summed E-state index contributed by atoms with van der Waals surface area (Å²) in [7, 11) is 0. The minimum Gasteiger partial charge on any atom is -0.357 e. The molecule has 0 atom stereocenters. The molecule has 2 rings (SSSR count). The number of guanidine groups is 1. The highest BCUT2D eigenvalue weighted by Gasteiger charge is 2.02. The number of hydrogen-bond acceptors (Lipinski definition) is 4. The molecule has 2 heterocycles. The molecule has 5 nitrogen and oxygen atoms in total. The molecular formula is C16H23N5S. The summed E-state index contributed by atoms with van der Waals surface area (Å²) in [4.78, 5) is 14.6. The number of pyridine rings is 1. The van der Waals surface area contributed by atoms with Gasteiger partial charge in [0.25, 0.3) is 0 Å². The Morgan fingerprint density at radius 3 is 2.82 bits per heavy atom. The number of aromatic nitrogens is 2. The molecule has 0 saturated heterocycles. The van der Waals surface area contributed by atoms with Crippen molar-refractivity contribution in [3.8, 4) is 0 Å². The first-order chi connectivity index (χ1) is 10.8. The van der Waals surface area contributed by atoms with Crippen LogP contribution in [0, 0.1) is 0 Å². The fraction of sp³-hybridized carbons (Fsp3) is 0.438. The van der Waals surface area contributed by atoms with Gasteiger partial charge in [-0.15, -0.1) is 11.3 Å². The standard InChI is InChI=1S/C16H23N5S/c1-3-14-12-20-15(22-14)8-10-19-16(17-4-2)21-11-13-7-5-6-9-18-13/h5-7,9,12H,3-4,8,10-11H2,1-2H3,(H2,17,19,21). The van der Waals surface area contributed by atoms with Crippen LogP contribution in [0.5, 0.6) is 0 Å². The number of rotatable bonds is 7. The minimum atomic E-state index is 0.577. The van der Waals surface area contributed by atoms with Gasteiger partial charge in [-0.1, -0.05) is 13.0 Å². The van der Waals surface area contributed by atoms with Gasteiger partial charge in [-0.05, 0) is 25.5 Å². The second-order valence-corrected chi connectivity index (χ2v) is 5.97. The monoisotopic (exact) mass is 317 g/mol. The molecule has 0 aromatic carbocycles. The highest BCUT2D eigenvalue weighted by molar-refractivity contribution is 7.11. The molecule has 0 aliphatic rings. The van der Waals surface area contributed by atoms with Gasteiger partial charge >= 0.3 is 0 Å². The van der Waals surface area contributed by atoms with Crippen LogP contribution in [0.25, 0.3) is 0 Å². The van der Waals surface area contributed by atoms with Crippen LogP contribution < -0.4 is 10.6 Å². The summed E-state index contributed by atoms with van der Waals surface area (Å²) in [6.07, 6.45) is 5.73. The smallest absolute Gasteiger partial charge is 0.191 e. The molecule has 0 fully saturated rings. The third kappa shape index (κ3) is 5.44. The molecule has 0 bridgehead atoms. The zero-order valence-corrected chi connectivity index (χ0v) is 14.0. The van der Waals surface area contributed by atoms with Crippen LogP contribution >= 0.6 is 11.3 Å². The number of aliphatic imine (C=N–C) groups is 1. The maximum atomic E-state index is 4.55. The van der Waals surface area contributed by atoms with Gasteiger partial charge in [-0.3, -0.25) is 4.98 Å². The van der Waals surface area contributed by atoms with Crippen molar-refractivity contribution < 1.29 is 0 Å². The molecule has 2 aromatic rings. The predicted octanol–water partition coefficient (Wildman–Crippen LogP) is 2.40. The Morgan fingerprint density at radius 2 is 2.14 bits per heavy atom. The summed E-state index contributed by atoms with van der Waals surface area (Å²) in [6, 6.07) is 5.87. The van der Waals surface area contributed by atoms with Crippen molar-refractivity contribution in [2.24, 2.45) is 4.99 Å². The molecule has 22 heavy (non-hydrogen) atoms. The first-order valence-electron chi connectivity index (χ1n) is 7.67. The van der Waals surface area contributed by atoms with Crippen LogP contribution in [0.3, 0.4) is 0 Å². The van der Waals surface area contributed by atoms with Gasteiger partial charge in [-0.2, -0.15) is 0 Å². The van der Waals surface area contributed by atoms with E-state index in [4.69, 9.17) is 0 Å². The van der Waals surface area contributed by atoms with E-state index in [9.17, 15) is 0 Å². The summed E-state index contributed by atoms with van der Waals surface area (Å²) >= 11 is 1.79. The minimum absolute atomic E-state index is 0.577. The SMILES string of the molecule is CCNC(=NCc1ccccn1)NCCc1ncc(CC)s1. The van der Waals surface area contributed by atoms with Gasteiger partial charge in [0.05, 0.1) is 17.2 Å². The molecule has 0 aliphatic carbocycles. The first-order valence-corrected chi connectivity index (χ1v) is 8.49. The lowest BCUT2D eigenvalue weighted by Crippen LogP contribution is -2.38. The molecule has 2 N–H and O–H groups in total. The van der Waals surface area contributed by atoms with Gasteiger partial charge in [-0.25, -0.2) is 9.98 Å². The van der Waals surface area contributed by atoms with Gasteiger partial charge < -0.3 is 10.6 Å². The second-order valence-electron chi connectivity index (χ2n) is 4.77. The molecule has 0 saturated carbocycles. The number of thiazole rings is 1. The van der Waals surface area contributed by atoms with Crippen LogP contribution in [0.4, 0.5) is 0 Å². The largest absolute Gasteiger partial charge is 0.357 e. The van der Waals surface area contributed by atoms with Crippen molar-refractivity contribution >= 4 is 17.3 Å². The van der Waals surface area contributed by atoms with Gasteiger partial charge in [0.2, 0.25) is 0 Å². The fourth-order valence-corrected chi connectivity index (χ4v) is 2.77. The molecule has 2 aromatic heterocycles. The van der Waals surface area contributed by atoms with Gasteiger partial charge in [0.15, 0.2) is 5.96 Å². The van der Waals surface area contributed by atoms with E-state index < -0.39 is 0 Å². The zero-order valence-electron chi connectivity index (χ0n) is 13.2. The van der Waals surface area contributed by atoms with E-state index in [2.05, 4.69) is 39.4 Å². The van der Waals surface area contributed by atoms with Crippen LogP contribution in [0.15, 0.2) is 35.6 Å². The van der Waals surface area contributed by atoms with Crippen molar-refractivity contribution in [3.63, 3.8) is 0 Å². The molecular weight excluding hydrogens is 294 g/mol. The third-order valence-electron chi connectivity index (χ3n) is 3.05. The van der Waals surface area contributed by atoms with Crippen molar-refractivity contribution in [1.82, 2.24) is 20.6 Å². The van der Waals surface area contributed by atoms with Crippen molar-refractivity contribution in [2.45, 2.75) is 33.2 Å². The Hall–Kier alpha value is -1.95. The van der Waals surface area contributed by atoms with Crippen molar-refractivity contribution in [3.05, 3.63) is 46.2 Å². The van der Waals surface area contributed by atoms with Crippen LogP contribution in [-0.4, -0.2) is 29.0 Å². The van der Waals surface area contributed by atoms with Crippen molar-refractivity contribution in [1.29, 1.82) is 0 Å². The predicted molar refractivity (Wildman–Crippen MR) is 92.3 cm³/mol. The summed E-state index contributed by atoms with van der Waals surface area (Å²) in [5, 5.41) is 7.77. The van der Waals surface area contributed by atoms with Gasteiger partial charge in [0.1, 0.15) is 0 Å². The Labute approximate surface area is 135 Å². The topological polar surface area (TPSA) is 62.2 Å². The maximum Gasteiger partial charge on any atom is 0.191 e. The second kappa shape index (κ2) is 9.15. The molecule has 0 unspecified atom stereocenters. The Kier molecular flexibility index (Phi) is 6.83. The van der Waals surface area contributed by atoms with E-state index in [1.807, 2.05) is 24.4 Å². The quantitative estimate of drug-likeness (QED) is 0.608. The molecule has 0 radical (unpaired) electrons. The third-order valence-corrected chi connectivity index (χ3v) is 4.25. The Balaban J connectivity index is 1.83. The summed E-state index contributed by atoms with van der Waals surface area (Å²) < 4.78 is 0. The normalized spacial score (nSPS) is 11.5. The van der Waals surface area contributed by atoms with E-state index in [0.717, 1.165) is 37.6 Å². The lowest BCUT2D eigenvalue weighted by atomic mass is 10.3. The highest BCUT2D eigenvalue weighted by Crippen LogP contribution is 2.13. The average molecular weight is 317 g/mol. The summed E-state index contributed by atoms with van der Waals surface area (Å²) in [5.41, 5.74) is 0.965. The van der Waals surface area contributed by atoms with Gasteiger partial charge in [0, 0.05) is 36.8 Å². The summed E-state index contributed by atoms with van der Waals surface area (Å²) in [5.74, 6) is 0.820. The number of hydrogen-bond donors (Lipinski definition) is 2. The first kappa shape index (κ1) is 16.4. The molecule has 118 valence electrons. The van der Waals surface area contributed by atoms with E-state index in [-0.39, 0.29) is 0 Å². The Bertz CT molecular complexity index is 579. The van der Waals surface area contributed by atoms with Crippen LogP contribution in [0.2, 0.25) is 0 Å². The van der Waals surface area contributed by atoms with E-state index in [1.165, 1.54) is 9.88 Å². The summed E-state index contributed by atoms with van der Waals surface area (Å²) in [6.45, 7) is 6.46. The van der Waals surface area contributed by atoms with E-state index >= 15 is 0 Å². The number of aryl methyl sites for hydroxylation is 1. The molecule has 6 heteroatoms. The lowest BCUT2D eigenvalue weighted by molar-refractivity contribution is 0.794. The van der Waals surface area contributed by atoms with Crippen molar-refractivity contribution in [2.75, 3.05) is 13.1 Å². The number of nitrogens with one attached hydrogen (secondary N) is 2. The van der Waals surface area contributed by atoms with Crippen LogP contribution in [0.1, 0.15) is 29.4 Å². The highest BCUT2D eigenvalue weighted by atomic mass is 32.1. The maximum absolute atomic E-state index is 4.55. The van der Waals surface area contributed by atoms with Crippen LogP contribution in [-0.2, 0) is 19.4 Å². The van der Waals surface area contributed by atoms with E-state index in [1.54, 1.807) is 17.5 Å².